The third kappa shape index (κ3) is 2.23. The van der Waals surface area contributed by atoms with Gasteiger partial charge >= 0.3 is 0 Å². The summed E-state index contributed by atoms with van der Waals surface area (Å²) in [6.07, 6.45) is 5.51. The second-order valence-electron chi connectivity index (χ2n) is 4.69. The van der Waals surface area contributed by atoms with Crippen LogP contribution in [0.2, 0.25) is 0 Å². The first-order chi connectivity index (χ1) is 7.20. The van der Waals surface area contributed by atoms with Gasteiger partial charge in [-0.2, -0.15) is 0 Å². The van der Waals surface area contributed by atoms with Crippen LogP contribution in [0.3, 0.4) is 0 Å². The van der Waals surface area contributed by atoms with Crippen molar-refractivity contribution in [3.63, 3.8) is 0 Å². The van der Waals surface area contributed by atoms with Gasteiger partial charge in [-0.15, -0.1) is 0 Å². The fourth-order valence-electron chi connectivity index (χ4n) is 2.44. The van der Waals surface area contributed by atoms with Crippen molar-refractivity contribution in [2.75, 3.05) is 0 Å². The molecule has 1 aliphatic rings. The number of imidazole rings is 1. The van der Waals surface area contributed by atoms with Crippen molar-refractivity contribution in [2.24, 2.45) is 0 Å². The lowest BCUT2D eigenvalue weighted by atomic mass is 9.95. The average molecular weight is 207 g/mol. The van der Waals surface area contributed by atoms with Crippen LogP contribution in [0.4, 0.5) is 0 Å². The van der Waals surface area contributed by atoms with Gasteiger partial charge in [0.25, 0.3) is 0 Å². The van der Waals surface area contributed by atoms with Crippen LogP contribution in [-0.2, 0) is 19.4 Å². The van der Waals surface area contributed by atoms with Crippen molar-refractivity contribution in [1.29, 1.82) is 0 Å². The molecule has 1 aromatic rings. The second-order valence-corrected chi connectivity index (χ2v) is 4.69. The van der Waals surface area contributed by atoms with Gasteiger partial charge < -0.3 is 9.88 Å². The molecule has 3 nitrogen and oxygen atoms in total. The third-order valence-corrected chi connectivity index (χ3v) is 3.11. The lowest BCUT2D eigenvalue weighted by molar-refractivity contribution is 0.413. The van der Waals surface area contributed by atoms with E-state index in [0.29, 0.717) is 12.1 Å². The summed E-state index contributed by atoms with van der Waals surface area (Å²) in [4.78, 5) is 4.51. The summed E-state index contributed by atoms with van der Waals surface area (Å²) in [5.41, 5.74) is 2.76. The number of nitrogens with zero attached hydrogens (tertiary/aromatic N) is 2. The molecule has 0 aromatic carbocycles. The average Bonchev–Trinajstić information content (AvgIpc) is 2.58. The number of hydrogen-bond acceptors (Lipinski definition) is 2. The van der Waals surface area contributed by atoms with Gasteiger partial charge in [-0.25, -0.2) is 4.98 Å². The first kappa shape index (κ1) is 10.7. The van der Waals surface area contributed by atoms with E-state index in [1.54, 1.807) is 0 Å². The normalized spacial score (nSPS) is 20.7. The predicted molar refractivity (Wildman–Crippen MR) is 62.0 cm³/mol. The van der Waals surface area contributed by atoms with Gasteiger partial charge in [-0.1, -0.05) is 13.8 Å². The largest absolute Gasteiger partial charge is 0.335 e. The molecular formula is C12H21N3. The Hall–Kier alpha value is -0.830. The monoisotopic (exact) mass is 207 g/mol. The first-order valence-electron chi connectivity index (χ1n) is 5.99. The molecule has 0 spiro atoms. The van der Waals surface area contributed by atoms with Crippen LogP contribution in [-0.4, -0.2) is 21.6 Å². The Balaban J connectivity index is 2.07. The number of aromatic nitrogens is 2. The number of rotatable bonds is 3. The van der Waals surface area contributed by atoms with Gasteiger partial charge in [0.1, 0.15) is 0 Å². The molecule has 1 unspecified atom stereocenters. The van der Waals surface area contributed by atoms with Crippen molar-refractivity contribution in [1.82, 2.24) is 14.9 Å². The molecule has 15 heavy (non-hydrogen) atoms. The first-order valence-corrected chi connectivity index (χ1v) is 5.99. The Labute approximate surface area is 91.9 Å². The molecule has 84 valence electrons. The quantitative estimate of drug-likeness (QED) is 0.818. The summed E-state index contributed by atoms with van der Waals surface area (Å²) in [7, 11) is 0. The number of nitrogens with one attached hydrogen (secondary N) is 1. The maximum atomic E-state index is 4.51. The van der Waals surface area contributed by atoms with Gasteiger partial charge in [0, 0.05) is 30.7 Å². The standard InChI is InChI=1S/C12H21N3/c1-4-15-8-13-11-7-10(14-9(2)3)5-6-12(11)15/h8-10,14H,4-7H2,1-3H3. The van der Waals surface area contributed by atoms with Crippen LogP contribution < -0.4 is 5.32 Å². The Bertz CT molecular complexity index is 328. The van der Waals surface area contributed by atoms with Gasteiger partial charge in [-0.3, -0.25) is 0 Å². The molecule has 0 amide bonds. The smallest absolute Gasteiger partial charge is 0.0951 e. The summed E-state index contributed by atoms with van der Waals surface area (Å²) >= 11 is 0. The minimum Gasteiger partial charge on any atom is -0.335 e. The summed E-state index contributed by atoms with van der Waals surface area (Å²) < 4.78 is 2.28. The third-order valence-electron chi connectivity index (χ3n) is 3.11. The van der Waals surface area contributed by atoms with Crippen molar-refractivity contribution in [2.45, 2.75) is 58.7 Å². The van der Waals surface area contributed by atoms with E-state index in [-0.39, 0.29) is 0 Å². The number of aryl methyl sites for hydroxylation is 1. The summed E-state index contributed by atoms with van der Waals surface area (Å²) in [5.74, 6) is 0. The molecule has 0 radical (unpaired) electrons. The molecule has 1 aromatic heterocycles. The molecule has 1 N–H and O–H groups in total. The van der Waals surface area contributed by atoms with Crippen LogP contribution in [0, 0.1) is 0 Å². The molecule has 0 fully saturated rings. The Morgan fingerprint density at radius 3 is 3.07 bits per heavy atom. The zero-order valence-corrected chi connectivity index (χ0v) is 9.95. The maximum absolute atomic E-state index is 4.51. The van der Waals surface area contributed by atoms with E-state index >= 15 is 0 Å². The van der Waals surface area contributed by atoms with Crippen LogP contribution in [0.25, 0.3) is 0 Å². The molecule has 1 heterocycles. The maximum Gasteiger partial charge on any atom is 0.0951 e. The van der Waals surface area contributed by atoms with Gasteiger partial charge in [0.15, 0.2) is 0 Å². The Morgan fingerprint density at radius 2 is 2.40 bits per heavy atom. The zero-order valence-electron chi connectivity index (χ0n) is 9.95. The fourth-order valence-corrected chi connectivity index (χ4v) is 2.44. The van der Waals surface area contributed by atoms with E-state index in [0.717, 1.165) is 13.0 Å². The van der Waals surface area contributed by atoms with Crippen molar-refractivity contribution in [3.05, 3.63) is 17.7 Å². The number of hydrogen-bond donors (Lipinski definition) is 1. The van der Waals surface area contributed by atoms with E-state index in [2.05, 4.69) is 35.6 Å². The van der Waals surface area contributed by atoms with E-state index in [4.69, 9.17) is 0 Å². The molecule has 0 aliphatic heterocycles. The fraction of sp³-hybridized carbons (Fsp3) is 0.750. The molecule has 0 bridgehead atoms. The van der Waals surface area contributed by atoms with E-state index in [1.165, 1.54) is 24.2 Å². The van der Waals surface area contributed by atoms with Crippen LogP contribution >= 0.6 is 0 Å². The minimum absolute atomic E-state index is 0.574. The summed E-state index contributed by atoms with van der Waals surface area (Å²) in [5, 5.41) is 3.60. The molecule has 0 saturated carbocycles. The molecule has 0 saturated heterocycles. The SMILES string of the molecule is CCn1cnc2c1CCC(NC(C)C)C2. The van der Waals surface area contributed by atoms with Gasteiger partial charge in [0.2, 0.25) is 0 Å². The minimum atomic E-state index is 0.574. The lowest BCUT2D eigenvalue weighted by Crippen LogP contribution is -2.39. The summed E-state index contributed by atoms with van der Waals surface area (Å²) in [6.45, 7) is 7.64. The van der Waals surface area contributed by atoms with E-state index in [9.17, 15) is 0 Å². The van der Waals surface area contributed by atoms with Crippen molar-refractivity contribution < 1.29 is 0 Å². The highest BCUT2D eigenvalue weighted by Gasteiger charge is 2.22. The van der Waals surface area contributed by atoms with Crippen LogP contribution in [0.1, 0.15) is 38.6 Å². The summed E-state index contributed by atoms with van der Waals surface area (Å²) in [6, 6.07) is 1.20. The molecule has 3 heteroatoms. The van der Waals surface area contributed by atoms with Crippen molar-refractivity contribution in [3.8, 4) is 0 Å². The molecular weight excluding hydrogens is 186 g/mol. The highest BCUT2D eigenvalue weighted by Crippen LogP contribution is 2.20. The predicted octanol–water partition coefficient (Wildman–Crippen LogP) is 1.76. The highest BCUT2D eigenvalue weighted by atomic mass is 15.1. The highest BCUT2D eigenvalue weighted by molar-refractivity contribution is 5.18. The van der Waals surface area contributed by atoms with Crippen LogP contribution in [0.15, 0.2) is 6.33 Å². The molecule has 1 aliphatic carbocycles. The van der Waals surface area contributed by atoms with Crippen molar-refractivity contribution >= 4 is 0 Å². The van der Waals surface area contributed by atoms with Gasteiger partial charge in [0.05, 0.1) is 12.0 Å². The van der Waals surface area contributed by atoms with E-state index in [1.807, 2.05) is 6.33 Å². The second kappa shape index (κ2) is 4.35. The molecule has 1 atom stereocenters. The van der Waals surface area contributed by atoms with Crippen LogP contribution in [0.5, 0.6) is 0 Å². The Morgan fingerprint density at radius 1 is 1.60 bits per heavy atom. The topological polar surface area (TPSA) is 29.9 Å². The van der Waals surface area contributed by atoms with Gasteiger partial charge in [-0.05, 0) is 19.8 Å². The van der Waals surface area contributed by atoms with E-state index < -0.39 is 0 Å². The number of fused-ring (bicyclic) bond motifs is 1. The zero-order chi connectivity index (χ0) is 10.8. The molecule has 2 rings (SSSR count). The lowest BCUT2D eigenvalue weighted by Gasteiger charge is -2.25. The Kier molecular flexibility index (Phi) is 3.10.